The van der Waals surface area contributed by atoms with Crippen LogP contribution in [0.1, 0.15) is 10.4 Å². The number of carbonyl (C=O) groups is 1. The van der Waals surface area contributed by atoms with Crippen LogP contribution in [0.3, 0.4) is 0 Å². The van der Waals surface area contributed by atoms with Gasteiger partial charge in [-0.2, -0.15) is 0 Å². The van der Waals surface area contributed by atoms with Crippen molar-refractivity contribution in [3.05, 3.63) is 63.2 Å². The molecule has 0 heterocycles. The van der Waals surface area contributed by atoms with Crippen LogP contribution in [0.15, 0.2) is 42.5 Å². The molecule has 7 nitrogen and oxygen atoms in total. The molecule has 0 fully saturated rings. The SMILES string of the molecule is COCCOc1c(Cl)cccc1NC(=O)c1ccc([N+](=O)[O-])cc1. The molecule has 0 atom stereocenters. The van der Waals surface area contributed by atoms with Crippen LogP contribution in [0.25, 0.3) is 0 Å². The molecule has 0 aliphatic heterocycles. The first-order valence-corrected chi connectivity index (χ1v) is 7.36. The predicted octanol–water partition coefficient (Wildman–Crippen LogP) is 3.53. The summed E-state index contributed by atoms with van der Waals surface area (Å²) < 4.78 is 10.4. The fraction of sp³-hybridized carbons (Fsp3) is 0.188. The van der Waals surface area contributed by atoms with Gasteiger partial charge in [0.15, 0.2) is 5.75 Å². The Hall–Kier alpha value is -2.64. The molecule has 0 aliphatic carbocycles. The lowest BCUT2D eigenvalue weighted by Crippen LogP contribution is -2.14. The Morgan fingerprint density at radius 1 is 1.21 bits per heavy atom. The summed E-state index contributed by atoms with van der Waals surface area (Å²) in [6, 6.07) is 10.3. The van der Waals surface area contributed by atoms with Crippen molar-refractivity contribution in [1.29, 1.82) is 0 Å². The molecule has 0 radical (unpaired) electrons. The summed E-state index contributed by atoms with van der Waals surface area (Å²) in [5.74, 6) is -0.0877. The number of carbonyl (C=O) groups excluding carboxylic acids is 1. The third-order valence-electron chi connectivity index (χ3n) is 3.09. The average molecular weight is 351 g/mol. The van der Waals surface area contributed by atoms with E-state index in [9.17, 15) is 14.9 Å². The van der Waals surface area contributed by atoms with E-state index in [1.807, 2.05) is 0 Å². The molecule has 0 unspecified atom stereocenters. The number of non-ortho nitro benzene ring substituents is 1. The molecule has 2 rings (SSSR count). The van der Waals surface area contributed by atoms with Crippen LogP contribution in [0, 0.1) is 10.1 Å². The Balaban J connectivity index is 2.16. The smallest absolute Gasteiger partial charge is 0.269 e. The summed E-state index contributed by atoms with van der Waals surface area (Å²) in [5.41, 5.74) is 0.600. The molecule has 1 N–H and O–H groups in total. The lowest BCUT2D eigenvalue weighted by atomic mass is 10.2. The van der Waals surface area contributed by atoms with Gasteiger partial charge in [-0.1, -0.05) is 17.7 Å². The molecule has 0 saturated carbocycles. The summed E-state index contributed by atoms with van der Waals surface area (Å²) in [6.07, 6.45) is 0. The van der Waals surface area contributed by atoms with Crippen LogP contribution < -0.4 is 10.1 Å². The first-order valence-electron chi connectivity index (χ1n) is 6.99. The molecule has 126 valence electrons. The number of nitrogens with one attached hydrogen (secondary N) is 1. The van der Waals surface area contributed by atoms with Gasteiger partial charge >= 0.3 is 0 Å². The highest BCUT2D eigenvalue weighted by Gasteiger charge is 2.14. The van der Waals surface area contributed by atoms with Crippen molar-refractivity contribution >= 4 is 28.9 Å². The van der Waals surface area contributed by atoms with Gasteiger partial charge in [-0.15, -0.1) is 0 Å². The van der Waals surface area contributed by atoms with E-state index in [1.54, 1.807) is 25.3 Å². The van der Waals surface area contributed by atoms with E-state index in [-0.39, 0.29) is 17.9 Å². The van der Waals surface area contributed by atoms with Gasteiger partial charge in [-0.3, -0.25) is 14.9 Å². The number of hydrogen-bond acceptors (Lipinski definition) is 5. The Labute approximate surface area is 143 Å². The number of para-hydroxylation sites is 1. The van der Waals surface area contributed by atoms with Gasteiger partial charge in [0, 0.05) is 24.8 Å². The molecule has 2 aromatic rings. The molecular weight excluding hydrogens is 336 g/mol. The van der Waals surface area contributed by atoms with Crippen LogP contribution in [0.2, 0.25) is 5.02 Å². The molecule has 0 spiro atoms. The molecule has 1 amide bonds. The summed E-state index contributed by atoms with van der Waals surface area (Å²) in [4.78, 5) is 22.4. The lowest BCUT2D eigenvalue weighted by molar-refractivity contribution is -0.384. The lowest BCUT2D eigenvalue weighted by Gasteiger charge is -2.13. The van der Waals surface area contributed by atoms with E-state index in [4.69, 9.17) is 21.1 Å². The Morgan fingerprint density at radius 3 is 2.54 bits per heavy atom. The monoisotopic (exact) mass is 350 g/mol. The second kappa shape index (κ2) is 8.28. The van der Waals surface area contributed by atoms with Crippen molar-refractivity contribution in [2.45, 2.75) is 0 Å². The van der Waals surface area contributed by atoms with Gasteiger partial charge in [-0.25, -0.2) is 0 Å². The number of nitrogens with zero attached hydrogens (tertiary/aromatic N) is 1. The maximum Gasteiger partial charge on any atom is 0.269 e. The number of ether oxygens (including phenoxy) is 2. The second-order valence-corrected chi connectivity index (χ2v) is 5.12. The van der Waals surface area contributed by atoms with Crippen LogP contribution in [0.4, 0.5) is 11.4 Å². The summed E-state index contributed by atoms with van der Waals surface area (Å²) >= 11 is 6.10. The van der Waals surface area contributed by atoms with E-state index in [1.165, 1.54) is 24.3 Å². The third kappa shape index (κ3) is 4.43. The number of methoxy groups -OCH3 is 1. The van der Waals surface area contributed by atoms with Crippen molar-refractivity contribution in [2.24, 2.45) is 0 Å². The molecule has 8 heteroatoms. The number of halogens is 1. The number of nitro benzene ring substituents is 1. The first kappa shape index (κ1) is 17.7. The van der Waals surface area contributed by atoms with E-state index in [0.717, 1.165) is 0 Å². The van der Waals surface area contributed by atoms with Crippen LogP contribution in [-0.2, 0) is 4.74 Å². The molecule has 0 saturated heterocycles. The average Bonchev–Trinajstić information content (AvgIpc) is 2.57. The fourth-order valence-electron chi connectivity index (χ4n) is 1.91. The minimum absolute atomic E-state index is 0.0853. The Kier molecular flexibility index (Phi) is 6.11. The maximum absolute atomic E-state index is 12.3. The van der Waals surface area contributed by atoms with Gasteiger partial charge in [0.25, 0.3) is 11.6 Å². The zero-order valence-electron chi connectivity index (χ0n) is 12.8. The molecular formula is C16H15ClN2O5. The quantitative estimate of drug-likeness (QED) is 0.468. The second-order valence-electron chi connectivity index (χ2n) is 4.72. The summed E-state index contributed by atoms with van der Waals surface area (Å²) in [7, 11) is 1.55. The molecule has 2 aromatic carbocycles. The minimum atomic E-state index is -0.527. The standard InChI is InChI=1S/C16H15ClN2O5/c1-23-9-10-24-15-13(17)3-2-4-14(15)18-16(20)11-5-7-12(8-6-11)19(21)22/h2-8H,9-10H2,1H3,(H,18,20). The van der Waals surface area contributed by atoms with Crippen LogP contribution in [0.5, 0.6) is 5.75 Å². The van der Waals surface area contributed by atoms with Crippen molar-refractivity contribution in [3.8, 4) is 5.75 Å². The Morgan fingerprint density at radius 2 is 1.92 bits per heavy atom. The van der Waals surface area contributed by atoms with E-state index in [0.29, 0.717) is 23.1 Å². The number of anilines is 1. The van der Waals surface area contributed by atoms with E-state index in [2.05, 4.69) is 5.32 Å². The van der Waals surface area contributed by atoms with Crippen LogP contribution in [-0.4, -0.2) is 31.2 Å². The van der Waals surface area contributed by atoms with Crippen molar-refractivity contribution in [2.75, 3.05) is 25.6 Å². The van der Waals surface area contributed by atoms with Crippen molar-refractivity contribution in [3.63, 3.8) is 0 Å². The highest BCUT2D eigenvalue weighted by atomic mass is 35.5. The summed E-state index contributed by atoms with van der Waals surface area (Å²) in [5, 5.41) is 13.7. The van der Waals surface area contributed by atoms with Gasteiger partial charge in [0.05, 0.1) is 22.2 Å². The summed E-state index contributed by atoms with van der Waals surface area (Å²) in [6.45, 7) is 0.654. The number of rotatable bonds is 7. The van der Waals surface area contributed by atoms with Gasteiger partial charge in [-0.05, 0) is 24.3 Å². The number of amides is 1. The normalized spacial score (nSPS) is 10.2. The molecule has 0 aliphatic rings. The zero-order chi connectivity index (χ0) is 17.5. The van der Waals surface area contributed by atoms with Gasteiger partial charge < -0.3 is 14.8 Å². The number of hydrogen-bond donors (Lipinski definition) is 1. The fourth-order valence-corrected chi connectivity index (χ4v) is 2.14. The topological polar surface area (TPSA) is 90.7 Å². The van der Waals surface area contributed by atoms with Gasteiger partial charge in [0.2, 0.25) is 0 Å². The Bertz CT molecular complexity index is 734. The third-order valence-corrected chi connectivity index (χ3v) is 3.39. The molecule has 0 bridgehead atoms. The molecule has 0 aromatic heterocycles. The van der Waals surface area contributed by atoms with Crippen molar-refractivity contribution < 1.29 is 19.2 Å². The van der Waals surface area contributed by atoms with E-state index >= 15 is 0 Å². The zero-order valence-corrected chi connectivity index (χ0v) is 13.6. The highest BCUT2D eigenvalue weighted by molar-refractivity contribution is 6.32. The molecule has 24 heavy (non-hydrogen) atoms. The number of benzene rings is 2. The van der Waals surface area contributed by atoms with Crippen LogP contribution >= 0.6 is 11.6 Å². The largest absolute Gasteiger partial charge is 0.487 e. The first-order chi connectivity index (χ1) is 11.5. The number of nitro groups is 1. The van der Waals surface area contributed by atoms with Gasteiger partial charge in [0.1, 0.15) is 6.61 Å². The highest BCUT2D eigenvalue weighted by Crippen LogP contribution is 2.33. The predicted molar refractivity (Wildman–Crippen MR) is 89.9 cm³/mol. The van der Waals surface area contributed by atoms with E-state index < -0.39 is 10.8 Å². The maximum atomic E-state index is 12.3. The van der Waals surface area contributed by atoms with Crippen molar-refractivity contribution in [1.82, 2.24) is 0 Å². The minimum Gasteiger partial charge on any atom is -0.487 e.